The van der Waals surface area contributed by atoms with Gasteiger partial charge in [0.2, 0.25) is 0 Å². The summed E-state index contributed by atoms with van der Waals surface area (Å²) in [6.07, 6.45) is 10.2. The lowest BCUT2D eigenvalue weighted by atomic mass is 9.96. The van der Waals surface area contributed by atoms with Crippen molar-refractivity contribution in [3.05, 3.63) is 23.8 Å². The van der Waals surface area contributed by atoms with E-state index in [2.05, 4.69) is 10.3 Å². The van der Waals surface area contributed by atoms with Crippen LogP contribution in [0.3, 0.4) is 0 Å². The van der Waals surface area contributed by atoms with E-state index in [1.807, 2.05) is 0 Å². The first kappa shape index (κ1) is 12.7. The average molecular weight is 246 g/mol. The summed E-state index contributed by atoms with van der Waals surface area (Å²) >= 11 is 0. The molecule has 0 heterocycles. The molecule has 96 valence electrons. The van der Waals surface area contributed by atoms with Crippen LogP contribution in [0.4, 0.5) is 4.79 Å². The zero-order chi connectivity index (χ0) is 13.0. The summed E-state index contributed by atoms with van der Waals surface area (Å²) in [5.74, 6) is -0.0564. The number of allylic oxidation sites excluding steroid dienone is 4. The van der Waals surface area contributed by atoms with Gasteiger partial charge in [-0.1, -0.05) is 19.3 Å². The number of nitrogens with one attached hydrogen (secondary N) is 1. The molecule has 0 unspecified atom stereocenters. The van der Waals surface area contributed by atoms with E-state index < -0.39 is 0 Å². The molecule has 2 aliphatic carbocycles. The Balaban J connectivity index is 1.95. The molecule has 0 radical (unpaired) electrons. The van der Waals surface area contributed by atoms with Gasteiger partial charge in [0.05, 0.1) is 5.71 Å². The molecular formula is C14H18N2O2. The lowest BCUT2D eigenvalue weighted by Gasteiger charge is -2.21. The number of carbonyl (C=O) groups is 2. The van der Waals surface area contributed by atoms with Gasteiger partial charge in [0.1, 0.15) is 0 Å². The molecule has 2 amide bonds. The van der Waals surface area contributed by atoms with Gasteiger partial charge in [0.25, 0.3) is 0 Å². The highest BCUT2D eigenvalue weighted by molar-refractivity contribution is 6.21. The van der Waals surface area contributed by atoms with Crippen molar-refractivity contribution in [2.24, 2.45) is 4.99 Å². The Labute approximate surface area is 107 Å². The third kappa shape index (κ3) is 3.39. The molecule has 0 aliphatic heterocycles. The van der Waals surface area contributed by atoms with Crippen LogP contribution >= 0.6 is 0 Å². The first-order valence-corrected chi connectivity index (χ1v) is 6.45. The predicted octanol–water partition coefficient (Wildman–Crippen LogP) is 2.55. The Morgan fingerprint density at radius 2 is 2.00 bits per heavy atom. The van der Waals surface area contributed by atoms with Gasteiger partial charge in [-0.2, -0.15) is 4.99 Å². The first-order valence-electron chi connectivity index (χ1n) is 6.45. The minimum Gasteiger partial charge on any atom is -0.333 e. The van der Waals surface area contributed by atoms with Crippen LogP contribution in [-0.2, 0) is 4.79 Å². The molecule has 4 heteroatoms. The zero-order valence-corrected chi connectivity index (χ0v) is 10.6. The molecule has 2 aliphatic rings. The fourth-order valence-corrected chi connectivity index (χ4v) is 2.32. The van der Waals surface area contributed by atoms with Gasteiger partial charge in [-0.3, -0.25) is 4.79 Å². The van der Waals surface area contributed by atoms with Gasteiger partial charge in [-0.15, -0.1) is 0 Å². The topological polar surface area (TPSA) is 58.5 Å². The maximum atomic E-state index is 11.8. The Kier molecular flexibility index (Phi) is 4.07. The normalized spacial score (nSPS) is 23.1. The second kappa shape index (κ2) is 5.76. The Bertz CT molecular complexity index is 441. The van der Waals surface area contributed by atoms with Crippen molar-refractivity contribution in [3.63, 3.8) is 0 Å². The van der Waals surface area contributed by atoms with E-state index >= 15 is 0 Å². The standard InChI is InChI=1S/C14H18N2O2/c1-10-9-12(17)7-8-13(10)16-14(18)15-11-5-3-2-4-6-11/h7-9,11H,2-6H2,1H3,(H,15,18). The molecule has 0 atom stereocenters. The van der Waals surface area contributed by atoms with Gasteiger partial charge < -0.3 is 5.32 Å². The quantitative estimate of drug-likeness (QED) is 0.723. The summed E-state index contributed by atoms with van der Waals surface area (Å²) < 4.78 is 0. The number of urea groups is 1. The fraction of sp³-hybridized carbons (Fsp3) is 0.500. The molecule has 4 nitrogen and oxygen atoms in total. The van der Waals surface area contributed by atoms with Gasteiger partial charge in [-0.05, 0) is 43.6 Å². The number of hydrogen-bond donors (Lipinski definition) is 1. The third-order valence-electron chi connectivity index (χ3n) is 3.32. The van der Waals surface area contributed by atoms with E-state index in [0.29, 0.717) is 5.71 Å². The largest absolute Gasteiger partial charge is 0.341 e. The highest BCUT2D eigenvalue weighted by Gasteiger charge is 2.16. The molecule has 0 saturated heterocycles. The second-order valence-corrected chi connectivity index (χ2v) is 4.84. The van der Waals surface area contributed by atoms with Crippen molar-refractivity contribution >= 4 is 17.5 Å². The minimum absolute atomic E-state index is 0.0564. The maximum absolute atomic E-state index is 11.8. The number of amides is 2. The Hall–Kier alpha value is -1.71. The highest BCUT2D eigenvalue weighted by atomic mass is 16.2. The van der Waals surface area contributed by atoms with E-state index in [0.717, 1.165) is 18.4 Å². The smallest absolute Gasteiger partial charge is 0.333 e. The second-order valence-electron chi connectivity index (χ2n) is 4.84. The molecule has 1 saturated carbocycles. The average Bonchev–Trinajstić information content (AvgIpc) is 2.34. The lowest BCUT2D eigenvalue weighted by molar-refractivity contribution is -0.110. The van der Waals surface area contributed by atoms with Crippen molar-refractivity contribution in [2.45, 2.75) is 45.1 Å². The Morgan fingerprint density at radius 3 is 2.67 bits per heavy atom. The summed E-state index contributed by atoms with van der Waals surface area (Å²) in [6, 6.07) is -0.0438. The molecule has 0 aromatic carbocycles. The van der Waals surface area contributed by atoms with Crippen molar-refractivity contribution in [3.8, 4) is 0 Å². The SMILES string of the molecule is CC1=CC(=O)C=CC1=NC(=O)NC1CCCCC1. The first-order chi connectivity index (χ1) is 8.65. The molecule has 18 heavy (non-hydrogen) atoms. The third-order valence-corrected chi connectivity index (χ3v) is 3.32. The van der Waals surface area contributed by atoms with Gasteiger partial charge in [0.15, 0.2) is 5.78 Å². The number of ketones is 1. The highest BCUT2D eigenvalue weighted by Crippen LogP contribution is 2.17. The van der Waals surface area contributed by atoms with E-state index in [9.17, 15) is 9.59 Å². The summed E-state index contributed by atoms with van der Waals surface area (Å²) in [4.78, 5) is 26.9. The summed E-state index contributed by atoms with van der Waals surface area (Å²) in [5.41, 5.74) is 1.31. The van der Waals surface area contributed by atoms with Crippen LogP contribution in [0.5, 0.6) is 0 Å². The summed E-state index contributed by atoms with van der Waals surface area (Å²) in [5, 5.41) is 2.93. The predicted molar refractivity (Wildman–Crippen MR) is 70.7 cm³/mol. The lowest BCUT2D eigenvalue weighted by Crippen LogP contribution is -2.34. The molecule has 0 spiro atoms. The van der Waals surface area contributed by atoms with Crippen molar-refractivity contribution in [2.75, 3.05) is 0 Å². The number of hydrogen-bond acceptors (Lipinski definition) is 2. The molecule has 0 bridgehead atoms. The van der Waals surface area contributed by atoms with Crippen LogP contribution in [0.1, 0.15) is 39.0 Å². The molecule has 0 aromatic rings. The zero-order valence-electron chi connectivity index (χ0n) is 10.6. The number of nitrogens with zero attached hydrogens (tertiary/aromatic N) is 1. The van der Waals surface area contributed by atoms with Crippen LogP contribution in [0.15, 0.2) is 28.8 Å². The number of rotatable bonds is 1. The molecule has 1 N–H and O–H groups in total. The molecule has 2 rings (SSSR count). The van der Waals surface area contributed by atoms with Crippen LogP contribution in [0.25, 0.3) is 0 Å². The summed E-state index contributed by atoms with van der Waals surface area (Å²) in [7, 11) is 0. The van der Waals surface area contributed by atoms with Gasteiger partial charge >= 0.3 is 6.03 Å². The van der Waals surface area contributed by atoms with Crippen LogP contribution in [-0.4, -0.2) is 23.6 Å². The van der Waals surface area contributed by atoms with Crippen molar-refractivity contribution in [1.82, 2.24) is 5.32 Å². The van der Waals surface area contributed by atoms with Crippen molar-refractivity contribution < 1.29 is 9.59 Å². The van der Waals surface area contributed by atoms with E-state index in [1.54, 1.807) is 13.0 Å². The van der Waals surface area contributed by atoms with Crippen LogP contribution in [0, 0.1) is 0 Å². The van der Waals surface area contributed by atoms with E-state index in [1.165, 1.54) is 31.4 Å². The monoisotopic (exact) mass is 246 g/mol. The number of aliphatic imine (C=N–C) groups is 1. The number of carbonyl (C=O) groups excluding carboxylic acids is 2. The van der Waals surface area contributed by atoms with Gasteiger partial charge in [0, 0.05) is 6.04 Å². The van der Waals surface area contributed by atoms with E-state index in [4.69, 9.17) is 0 Å². The minimum atomic E-state index is -0.302. The molecular weight excluding hydrogens is 228 g/mol. The Morgan fingerprint density at radius 1 is 1.28 bits per heavy atom. The summed E-state index contributed by atoms with van der Waals surface area (Å²) in [6.45, 7) is 1.79. The molecule has 1 fully saturated rings. The van der Waals surface area contributed by atoms with Crippen LogP contribution in [0.2, 0.25) is 0 Å². The van der Waals surface area contributed by atoms with Crippen molar-refractivity contribution in [1.29, 1.82) is 0 Å². The van der Waals surface area contributed by atoms with Gasteiger partial charge in [-0.25, -0.2) is 4.79 Å². The fourth-order valence-electron chi connectivity index (χ4n) is 2.32. The molecule has 0 aromatic heterocycles. The van der Waals surface area contributed by atoms with Crippen LogP contribution < -0.4 is 5.32 Å². The van der Waals surface area contributed by atoms with E-state index in [-0.39, 0.29) is 17.9 Å². The maximum Gasteiger partial charge on any atom is 0.341 e.